The van der Waals surface area contributed by atoms with Crippen LogP contribution < -0.4 is 0 Å². The van der Waals surface area contributed by atoms with Crippen LogP contribution in [0.2, 0.25) is 0 Å². The van der Waals surface area contributed by atoms with Crippen molar-refractivity contribution in [3.05, 3.63) is 47.3 Å². The number of piperidine rings is 1. The summed E-state index contributed by atoms with van der Waals surface area (Å²) in [5, 5.41) is 2.15. The molecule has 104 valence electrons. The average molecular weight is 283 g/mol. The van der Waals surface area contributed by atoms with Gasteiger partial charge in [-0.2, -0.15) is 0 Å². The Labute approximate surface area is 125 Å². The highest BCUT2D eigenvalue weighted by Gasteiger charge is 2.35. The summed E-state index contributed by atoms with van der Waals surface area (Å²) < 4.78 is 0. The largest absolute Gasteiger partial charge is 0.293 e. The van der Waals surface area contributed by atoms with E-state index >= 15 is 0 Å². The van der Waals surface area contributed by atoms with E-state index in [1.807, 2.05) is 11.3 Å². The van der Waals surface area contributed by atoms with Crippen molar-refractivity contribution in [3.8, 4) is 10.4 Å². The highest BCUT2D eigenvalue weighted by molar-refractivity contribution is 7.13. The standard InChI is InChI=1S/C18H21NS/c1-2-12-19-16(4-1)10-11-17(19)14-6-8-15(9-7-14)18-5-3-13-20-18/h3,5-9,13,16-17H,1-2,4,10-12H2. The van der Waals surface area contributed by atoms with Crippen LogP contribution in [0.3, 0.4) is 0 Å². The van der Waals surface area contributed by atoms with Crippen LogP contribution in [-0.4, -0.2) is 17.5 Å². The van der Waals surface area contributed by atoms with E-state index in [0.717, 1.165) is 6.04 Å². The maximum Gasteiger partial charge on any atom is 0.0351 e. The van der Waals surface area contributed by atoms with Crippen molar-refractivity contribution in [2.75, 3.05) is 6.54 Å². The van der Waals surface area contributed by atoms with Gasteiger partial charge in [0.25, 0.3) is 0 Å². The molecule has 2 fully saturated rings. The van der Waals surface area contributed by atoms with Crippen molar-refractivity contribution in [2.24, 2.45) is 0 Å². The third kappa shape index (κ3) is 2.21. The molecule has 0 saturated carbocycles. The summed E-state index contributed by atoms with van der Waals surface area (Å²) in [6.07, 6.45) is 7.00. The van der Waals surface area contributed by atoms with Gasteiger partial charge in [0.05, 0.1) is 0 Å². The van der Waals surface area contributed by atoms with E-state index in [4.69, 9.17) is 0 Å². The van der Waals surface area contributed by atoms with Crippen molar-refractivity contribution < 1.29 is 0 Å². The van der Waals surface area contributed by atoms with Gasteiger partial charge in [0, 0.05) is 17.0 Å². The Bertz CT molecular complexity index is 558. The molecule has 1 aromatic carbocycles. The summed E-state index contributed by atoms with van der Waals surface area (Å²) in [5.74, 6) is 0. The zero-order valence-corrected chi connectivity index (χ0v) is 12.6. The first kappa shape index (κ1) is 12.6. The minimum Gasteiger partial charge on any atom is -0.293 e. The Morgan fingerprint density at radius 1 is 0.950 bits per heavy atom. The molecule has 4 rings (SSSR count). The normalized spacial score (nSPS) is 26.6. The lowest BCUT2D eigenvalue weighted by Gasteiger charge is -2.34. The van der Waals surface area contributed by atoms with Crippen LogP contribution in [0.5, 0.6) is 0 Å². The molecular formula is C18H21NS. The summed E-state index contributed by atoms with van der Waals surface area (Å²) in [4.78, 5) is 4.14. The van der Waals surface area contributed by atoms with Gasteiger partial charge in [0.1, 0.15) is 0 Å². The van der Waals surface area contributed by atoms with Gasteiger partial charge in [0.2, 0.25) is 0 Å². The SMILES string of the molecule is c1csc(-c2ccc(C3CCC4CCCCN43)cc2)c1. The molecule has 2 atom stereocenters. The lowest BCUT2D eigenvalue weighted by Crippen LogP contribution is -2.35. The molecule has 2 heteroatoms. The smallest absolute Gasteiger partial charge is 0.0351 e. The van der Waals surface area contributed by atoms with Gasteiger partial charge in [-0.15, -0.1) is 11.3 Å². The number of fused-ring (bicyclic) bond motifs is 1. The zero-order valence-electron chi connectivity index (χ0n) is 11.8. The number of benzene rings is 1. The molecule has 0 aliphatic carbocycles. The van der Waals surface area contributed by atoms with E-state index in [-0.39, 0.29) is 0 Å². The monoisotopic (exact) mass is 283 g/mol. The van der Waals surface area contributed by atoms with Gasteiger partial charge in [-0.1, -0.05) is 36.8 Å². The summed E-state index contributed by atoms with van der Waals surface area (Å²) in [7, 11) is 0. The molecule has 2 aliphatic rings. The second kappa shape index (κ2) is 5.34. The predicted octanol–water partition coefficient (Wildman–Crippen LogP) is 5.10. The summed E-state index contributed by atoms with van der Waals surface area (Å²) in [6, 6.07) is 15.2. The van der Waals surface area contributed by atoms with E-state index in [1.54, 1.807) is 0 Å². The zero-order chi connectivity index (χ0) is 13.4. The first-order chi connectivity index (χ1) is 9.92. The fraction of sp³-hybridized carbons (Fsp3) is 0.444. The van der Waals surface area contributed by atoms with Crippen LogP contribution in [0.25, 0.3) is 10.4 Å². The van der Waals surface area contributed by atoms with Gasteiger partial charge in [-0.05, 0) is 54.8 Å². The predicted molar refractivity (Wildman–Crippen MR) is 86.1 cm³/mol. The highest BCUT2D eigenvalue weighted by atomic mass is 32.1. The molecule has 3 heterocycles. The number of nitrogens with zero attached hydrogens (tertiary/aromatic N) is 1. The molecule has 2 saturated heterocycles. The maximum atomic E-state index is 2.77. The van der Waals surface area contributed by atoms with E-state index in [9.17, 15) is 0 Å². The van der Waals surface area contributed by atoms with Crippen LogP contribution >= 0.6 is 11.3 Å². The Morgan fingerprint density at radius 2 is 1.85 bits per heavy atom. The van der Waals surface area contributed by atoms with E-state index in [2.05, 4.69) is 46.7 Å². The molecule has 2 unspecified atom stereocenters. The number of hydrogen-bond donors (Lipinski definition) is 0. The van der Waals surface area contributed by atoms with Crippen molar-refractivity contribution >= 4 is 11.3 Å². The van der Waals surface area contributed by atoms with Crippen LogP contribution in [0.4, 0.5) is 0 Å². The van der Waals surface area contributed by atoms with Crippen molar-refractivity contribution in [2.45, 2.75) is 44.2 Å². The fourth-order valence-electron chi connectivity index (χ4n) is 3.93. The van der Waals surface area contributed by atoms with Crippen molar-refractivity contribution in [1.82, 2.24) is 4.90 Å². The minimum absolute atomic E-state index is 0.678. The molecule has 0 radical (unpaired) electrons. The molecule has 20 heavy (non-hydrogen) atoms. The summed E-state index contributed by atoms with van der Waals surface area (Å²) in [5.41, 5.74) is 2.88. The topological polar surface area (TPSA) is 3.24 Å². The fourth-order valence-corrected chi connectivity index (χ4v) is 4.66. The quantitative estimate of drug-likeness (QED) is 0.740. The summed E-state index contributed by atoms with van der Waals surface area (Å²) in [6.45, 7) is 1.31. The number of hydrogen-bond acceptors (Lipinski definition) is 2. The van der Waals surface area contributed by atoms with Crippen LogP contribution in [0, 0.1) is 0 Å². The number of rotatable bonds is 2. The van der Waals surface area contributed by atoms with Gasteiger partial charge in [-0.3, -0.25) is 4.90 Å². The van der Waals surface area contributed by atoms with Gasteiger partial charge in [0.15, 0.2) is 0 Å². The second-order valence-corrected chi connectivity index (χ2v) is 7.03. The third-order valence-electron chi connectivity index (χ3n) is 4.95. The van der Waals surface area contributed by atoms with Crippen molar-refractivity contribution in [1.29, 1.82) is 0 Å². The molecule has 2 aromatic rings. The minimum atomic E-state index is 0.678. The van der Waals surface area contributed by atoms with Gasteiger partial charge < -0.3 is 0 Å². The molecule has 1 aromatic heterocycles. The Kier molecular flexibility index (Phi) is 3.37. The van der Waals surface area contributed by atoms with Gasteiger partial charge in [-0.25, -0.2) is 0 Å². The highest BCUT2D eigenvalue weighted by Crippen LogP contribution is 2.40. The van der Waals surface area contributed by atoms with E-state index < -0.39 is 0 Å². The lowest BCUT2D eigenvalue weighted by molar-refractivity contribution is 0.150. The van der Waals surface area contributed by atoms with Gasteiger partial charge >= 0.3 is 0 Å². The molecule has 1 nitrogen and oxygen atoms in total. The molecule has 0 N–H and O–H groups in total. The first-order valence-electron chi connectivity index (χ1n) is 7.81. The van der Waals surface area contributed by atoms with Crippen LogP contribution in [0.1, 0.15) is 43.7 Å². The lowest BCUT2D eigenvalue weighted by atomic mass is 10.0. The second-order valence-electron chi connectivity index (χ2n) is 6.08. The molecular weight excluding hydrogens is 262 g/mol. The van der Waals surface area contributed by atoms with E-state index in [0.29, 0.717) is 6.04 Å². The van der Waals surface area contributed by atoms with Crippen LogP contribution in [0.15, 0.2) is 41.8 Å². The number of thiophene rings is 1. The molecule has 0 amide bonds. The maximum absolute atomic E-state index is 2.77. The van der Waals surface area contributed by atoms with Crippen LogP contribution in [-0.2, 0) is 0 Å². The summed E-state index contributed by atoms with van der Waals surface area (Å²) >= 11 is 1.82. The Morgan fingerprint density at radius 3 is 2.65 bits per heavy atom. The Hall–Kier alpha value is -1.12. The average Bonchev–Trinajstić information content (AvgIpc) is 3.17. The van der Waals surface area contributed by atoms with E-state index in [1.165, 1.54) is 54.7 Å². The molecule has 0 spiro atoms. The Balaban J connectivity index is 1.57. The third-order valence-corrected chi connectivity index (χ3v) is 5.87. The first-order valence-corrected chi connectivity index (χ1v) is 8.69. The molecule has 2 aliphatic heterocycles. The molecule has 0 bridgehead atoms. The van der Waals surface area contributed by atoms with Crippen molar-refractivity contribution in [3.63, 3.8) is 0 Å².